The fourth-order valence-corrected chi connectivity index (χ4v) is 3.17. The second-order valence-corrected chi connectivity index (χ2v) is 6.02. The molecule has 3 aromatic carbocycles. The number of benzene rings is 3. The molecule has 1 heteroatoms. The summed E-state index contributed by atoms with van der Waals surface area (Å²) in [4.78, 5) is 0. The first-order chi connectivity index (χ1) is 10.8. The van der Waals surface area contributed by atoms with Crippen LogP contribution in [-0.4, -0.2) is 0 Å². The highest BCUT2D eigenvalue weighted by Gasteiger charge is 2.17. The second kappa shape index (κ2) is 5.34. The predicted octanol–water partition coefficient (Wildman–Crippen LogP) is 5.50. The first-order valence-electron chi connectivity index (χ1n) is 7.84. The first kappa shape index (κ1) is 13.1. The van der Waals surface area contributed by atoms with Crippen molar-refractivity contribution >= 4 is 11.4 Å². The average Bonchev–Trinajstić information content (AvgIpc) is 2.48. The van der Waals surface area contributed by atoms with E-state index in [0.29, 0.717) is 0 Å². The minimum atomic E-state index is 1.14. The summed E-state index contributed by atoms with van der Waals surface area (Å²) in [6.45, 7) is 2.12. The highest BCUT2D eigenvalue weighted by Crippen LogP contribution is 2.34. The number of fused-ring (bicyclic) bond motifs is 1. The molecule has 0 radical (unpaired) electrons. The Morgan fingerprint density at radius 1 is 0.773 bits per heavy atom. The fraction of sp³-hybridized carbons (Fsp3) is 0.143. The Hall–Kier alpha value is -2.54. The highest BCUT2D eigenvalue weighted by molar-refractivity contribution is 5.75. The molecule has 1 aliphatic rings. The van der Waals surface area contributed by atoms with Crippen molar-refractivity contribution in [2.75, 3.05) is 5.32 Å². The molecule has 0 aliphatic heterocycles. The molecule has 0 unspecified atom stereocenters. The lowest BCUT2D eigenvalue weighted by Crippen LogP contribution is -2.09. The Morgan fingerprint density at radius 3 is 2.32 bits per heavy atom. The van der Waals surface area contributed by atoms with Crippen molar-refractivity contribution in [1.29, 1.82) is 0 Å². The van der Waals surface area contributed by atoms with E-state index in [2.05, 4.69) is 79.0 Å². The Balaban J connectivity index is 1.67. The van der Waals surface area contributed by atoms with E-state index in [1.807, 2.05) is 0 Å². The monoisotopic (exact) mass is 285 g/mol. The smallest absolute Gasteiger partial charge is 0.0390 e. The summed E-state index contributed by atoms with van der Waals surface area (Å²) < 4.78 is 0. The SMILES string of the molecule is Cc1cccc(Nc2cccc(-c3cccc4c3CC4)c2)c1. The van der Waals surface area contributed by atoms with Crippen molar-refractivity contribution < 1.29 is 0 Å². The molecule has 0 amide bonds. The topological polar surface area (TPSA) is 12.0 Å². The zero-order chi connectivity index (χ0) is 14.9. The molecule has 0 saturated carbocycles. The van der Waals surface area contributed by atoms with Crippen LogP contribution < -0.4 is 5.32 Å². The van der Waals surface area contributed by atoms with E-state index in [1.54, 1.807) is 0 Å². The highest BCUT2D eigenvalue weighted by atomic mass is 14.9. The first-order valence-corrected chi connectivity index (χ1v) is 7.84. The normalized spacial score (nSPS) is 12.4. The molecular weight excluding hydrogens is 266 g/mol. The summed E-state index contributed by atoms with van der Waals surface area (Å²) in [5.74, 6) is 0. The number of aryl methyl sites for hydroxylation is 2. The third kappa shape index (κ3) is 2.39. The zero-order valence-electron chi connectivity index (χ0n) is 12.8. The largest absolute Gasteiger partial charge is 0.356 e. The summed E-state index contributed by atoms with van der Waals surface area (Å²) >= 11 is 0. The van der Waals surface area contributed by atoms with Crippen LogP contribution in [0.3, 0.4) is 0 Å². The molecule has 3 aromatic rings. The van der Waals surface area contributed by atoms with E-state index in [4.69, 9.17) is 0 Å². The van der Waals surface area contributed by atoms with Gasteiger partial charge in [-0.25, -0.2) is 0 Å². The third-order valence-electron chi connectivity index (χ3n) is 4.40. The van der Waals surface area contributed by atoms with Gasteiger partial charge in [0, 0.05) is 11.4 Å². The molecule has 1 N–H and O–H groups in total. The minimum absolute atomic E-state index is 1.14. The molecule has 22 heavy (non-hydrogen) atoms. The van der Waals surface area contributed by atoms with Gasteiger partial charge in [0.2, 0.25) is 0 Å². The maximum atomic E-state index is 3.51. The van der Waals surface area contributed by atoms with E-state index < -0.39 is 0 Å². The third-order valence-corrected chi connectivity index (χ3v) is 4.40. The number of rotatable bonds is 3. The van der Waals surface area contributed by atoms with Gasteiger partial charge in [-0.3, -0.25) is 0 Å². The molecule has 0 bridgehead atoms. The minimum Gasteiger partial charge on any atom is -0.356 e. The van der Waals surface area contributed by atoms with Crippen molar-refractivity contribution in [3.05, 3.63) is 83.4 Å². The second-order valence-electron chi connectivity index (χ2n) is 6.02. The summed E-state index contributed by atoms with van der Waals surface area (Å²) in [6.07, 6.45) is 2.44. The number of anilines is 2. The van der Waals surface area contributed by atoms with Crippen molar-refractivity contribution in [3.8, 4) is 11.1 Å². The maximum Gasteiger partial charge on any atom is 0.0390 e. The van der Waals surface area contributed by atoms with E-state index >= 15 is 0 Å². The molecule has 0 saturated heterocycles. The standard InChI is InChI=1S/C21H19N/c1-15-5-2-8-18(13-15)22-19-9-3-7-17(14-19)20-10-4-6-16-11-12-21(16)20/h2-10,13-14,22H,11-12H2,1H3. The molecule has 1 aliphatic carbocycles. The molecule has 4 rings (SSSR count). The van der Waals surface area contributed by atoms with Crippen molar-refractivity contribution in [2.24, 2.45) is 0 Å². The summed E-state index contributed by atoms with van der Waals surface area (Å²) in [6, 6.07) is 23.8. The lowest BCUT2D eigenvalue weighted by Gasteiger charge is -2.22. The van der Waals surface area contributed by atoms with Crippen LogP contribution in [0.5, 0.6) is 0 Å². The van der Waals surface area contributed by atoms with E-state index in [-0.39, 0.29) is 0 Å². The van der Waals surface area contributed by atoms with Gasteiger partial charge in [0.25, 0.3) is 0 Å². The molecule has 0 aromatic heterocycles. The Bertz CT molecular complexity index is 833. The van der Waals surface area contributed by atoms with Crippen molar-refractivity contribution in [2.45, 2.75) is 19.8 Å². The maximum absolute atomic E-state index is 3.51. The van der Waals surface area contributed by atoms with Crippen molar-refractivity contribution in [1.82, 2.24) is 0 Å². The van der Waals surface area contributed by atoms with Gasteiger partial charge >= 0.3 is 0 Å². The quantitative estimate of drug-likeness (QED) is 0.669. The van der Waals surface area contributed by atoms with Crippen molar-refractivity contribution in [3.63, 3.8) is 0 Å². The van der Waals surface area contributed by atoms with Crippen LogP contribution in [0.25, 0.3) is 11.1 Å². The summed E-state index contributed by atoms with van der Waals surface area (Å²) in [5.41, 5.74) is 9.26. The molecule has 1 nitrogen and oxygen atoms in total. The Labute approximate surface area is 131 Å². The van der Waals surface area contributed by atoms with E-state index in [0.717, 1.165) is 11.4 Å². The molecule has 0 heterocycles. The van der Waals surface area contributed by atoms with Crippen LogP contribution in [0.4, 0.5) is 11.4 Å². The van der Waals surface area contributed by atoms with E-state index in [9.17, 15) is 0 Å². The number of hydrogen-bond donors (Lipinski definition) is 1. The lowest BCUT2D eigenvalue weighted by molar-refractivity contribution is 0.842. The summed E-state index contributed by atoms with van der Waals surface area (Å²) in [5, 5.41) is 3.51. The van der Waals surface area contributed by atoms with Gasteiger partial charge in [-0.05, 0) is 71.8 Å². The lowest BCUT2D eigenvalue weighted by atomic mass is 9.82. The van der Waals surface area contributed by atoms with Crippen LogP contribution in [0.1, 0.15) is 16.7 Å². The van der Waals surface area contributed by atoms with Gasteiger partial charge < -0.3 is 5.32 Å². The molecular formula is C21H19N. The molecule has 0 fully saturated rings. The van der Waals surface area contributed by atoms with Gasteiger partial charge in [-0.15, -0.1) is 0 Å². The molecule has 108 valence electrons. The van der Waals surface area contributed by atoms with E-state index in [1.165, 1.54) is 40.7 Å². The number of nitrogens with one attached hydrogen (secondary N) is 1. The van der Waals surface area contributed by atoms with Gasteiger partial charge in [0.15, 0.2) is 0 Å². The predicted molar refractivity (Wildman–Crippen MR) is 93.7 cm³/mol. The zero-order valence-corrected chi connectivity index (χ0v) is 12.8. The Morgan fingerprint density at radius 2 is 1.55 bits per heavy atom. The average molecular weight is 285 g/mol. The molecule has 0 spiro atoms. The van der Waals surface area contributed by atoms with Crippen LogP contribution in [0.15, 0.2) is 66.7 Å². The van der Waals surface area contributed by atoms with Gasteiger partial charge in [0.1, 0.15) is 0 Å². The van der Waals surface area contributed by atoms with Gasteiger partial charge in [-0.2, -0.15) is 0 Å². The molecule has 0 atom stereocenters. The summed E-state index contributed by atoms with van der Waals surface area (Å²) in [7, 11) is 0. The fourth-order valence-electron chi connectivity index (χ4n) is 3.17. The van der Waals surface area contributed by atoms with Gasteiger partial charge in [-0.1, -0.05) is 42.5 Å². The van der Waals surface area contributed by atoms with Crippen LogP contribution in [-0.2, 0) is 12.8 Å². The van der Waals surface area contributed by atoms with Crippen LogP contribution in [0.2, 0.25) is 0 Å². The Kier molecular flexibility index (Phi) is 3.19. The van der Waals surface area contributed by atoms with Gasteiger partial charge in [0.05, 0.1) is 0 Å². The van der Waals surface area contributed by atoms with Crippen LogP contribution in [0, 0.1) is 6.92 Å². The van der Waals surface area contributed by atoms with Crippen LogP contribution >= 0.6 is 0 Å². The number of hydrogen-bond acceptors (Lipinski definition) is 1.